The molecule has 40 heavy (non-hydrogen) atoms. The Bertz CT molecular complexity index is 1670. The number of nitrogens with one attached hydrogen (secondary N) is 2. The Labute approximate surface area is 237 Å². The van der Waals surface area contributed by atoms with Crippen molar-refractivity contribution in [2.75, 3.05) is 25.0 Å². The van der Waals surface area contributed by atoms with Crippen LogP contribution in [0.5, 0.6) is 0 Å². The molecule has 0 fully saturated rings. The predicted molar refractivity (Wildman–Crippen MR) is 162 cm³/mol. The summed E-state index contributed by atoms with van der Waals surface area (Å²) in [5, 5.41) is 13.6. The largest absolute Gasteiger partial charge is 0.340 e. The molecule has 8 nitrogen and oxygen atoms in total. The normalized spacial score (nSPS) is 13.5. The number of fused-ring (bicyclic) bond motifs is 4. The first-order chi connectivity index (χ1) is 19.5. The fourth-order valence-corrected chi connectivity index (χ4v) is 6.32. The van der Waals surface area contributed by atoms with Crippen LogP contribution < -0.4 is 10.6 Å². The lowest BCUT2D eigenvalue weighted by Gasteiger charge is -2.26. The number of anilines is 2. The molecule has 9 heteroatoms. The van der Waals surface area contributed by atoms with Gasteiger partial charge in [-0.15, -0.1) is 11.3 Å². The van der Waals surface area contributed by atoms with Crippen LogP contribution in [-0.2, 0) is 24.3 Å². The van der Waals surface area contributed by atoms with Gasteiger partial charge in [-0.3, -0.25) is 9.48 Å². The molecule has 2 N–H and O–H groups in total. The molecule has 0 atom stereocenters. The number of hydrogen-bond donors (Lipinski definition) is 2. The molecule has 0 bridgehead atoms. The standard InChI is InChI=1S/C31H33N7OS/c1-21(2)16-32-13-6-9-28(39)37-14-12-25-27(19-37)40-31-29(25)30(33-20-34-31)36-24-10-11-26-23(15-24)17-35-38(26)18-22-7-4-3-5-8-22/h3-11,15,17,20-21,32H,12-14,16,18-19H2,1-2H3,(H,33,34,36)/b9-6+. The van der Waals surface area contributed by atoms with Gasteiger partial charge in [0.25, 0.3) is 0 Å². The van der Waals surface area contributed by atoms with Gasteiger partial charge in [0.05, 0.1) is 30.2 Å². The molecular formula is C31H33N7OS. The summed E-state index contributed by atoms with van der Waals surface area (Å²) in [4.78, 5) is 26.0. The molecular weight excluding hydrogens is 518 g/mol. The van der Waals surface area contributed by atoms with E-state index in [4.69, 9.17) is 0 Å². The Balaban J connectivity index is 1.18. The highest BCUT2D eigenvalue weighted by Crippen LogP contribution is 2.38. The molecule has 5 aromatic rings. The van der Waals surface area contributed by atoms with E-state index in [1.54, 1.807) is 23.7 Å². The Morgan fingerprint density at radius 3 is 2.88 bits per heavy atom. The van der Waals surface area contributed by atoms with E-state index in [0.29, 0.717) is 25.6 Å². The van der Waals surface area contributed by atoms with Gasteiger partial charge in [0.2, 0.25) is 5.91 Å². The van der Waals surface area contributed by atoms with Gasteiger partial charge in [-0.2, -0.15) is 5.10 Å². The van der Waals surface area contributed by atoms with Crippen molar-refractivity contribution in [3.05, 3.63) is 89.2 Å². The lowest BCUT2D eigenvalue weighted by molar-refractivity contribution is -0.126. The van der Waals surface area contributed by atoms with Gasteiger partial charge in [0.15, 0.2) is 0 Å². The van der Waals surface area contributed by atoms with E-state index < -0.39 is 0 Å². The minimum Gasteiger partial charge on any atom is -0.340 e. The molecule has 0 unspecified atom stereocenters. The fraction of sp³-hybridized carbons (Fsp3) is 0.290. The van der Waals surface area contributed by atoms with Crippen LogP contribution >= 0.6 is 11.3 Å². The molecule has 204 valence electrons. The van der Waals surface area contributed by atoms with Gasteiger partial charge in [0.1, 0.15) is 17.0 Å². The topological polar surface area (TPSA) is 88.0 Å². The average molecular weight is 552 g/mol. The van der Waals surface area contributed by atoms with E-state index >= 15 is 0 Å². The second kappa shape index (κ2) is 11.6. The first-order valence-corrected chi connectivity index (χ1v) is 14.5. The molecule has 0 spiro atoms. The van der Waals surface area contributed by atoms with Crippen LogP contribution in [-0.4, -0.2) is 50.2 Å². The smallest absolute Gasteiger partial charge is 0.246 e. The van der Waals surface area contributed by atoms with Crippen molar-refractivity contribution in [3.8, 4) is 0 Å². The number of nitrogens with zero attached hydrogens (tertiary/aromatic N) is 5. The summed E-state index contributed by atoms with van der Waals surface area (Å²) in [5.41, 5.74) is 4.50. The van der Waals surface area contributed by atoms with Gasteiger partial charge < -0.3 is 15.5 Å². The average Bonchev–Trinajstić information content (AvgIpc) is 3.54. The molecule has 4 heterocycles. The third-order valence-electron chi connectivity index (χ3n) is 7.10. The molecule has 1 aliphatic heterocycles. The van der Waals surface area contributed by atoms with E-state index in [1.165, 1.54) is 16.0 Å². The van der Waals surface area contributed by atoms with Crippen molar-refractivity contribution in [1.29, 1.82) is 0 Å². The van der Waals surface area contributed by atoms with Gasteiger partial charge in [-0.25, -0.2) is 9.97 Å². The number of aromatic nitrogens is 4. The van der Waals surface area contributed by atoms with Crippen molar-refractivity contribution in [2.45, 2.75) is 33.4 Å². The molecule has 0 saturated carbocycles. The van der Waals surface area contributed by atoms with E-state index in [2.05, 4.69) is 82.0 Å². The molecule has 0 saturated heterocycles. The Hall–Kier alpha value is -4.08. The SMILES string of the molecule is CC(C)CNC/C=C/C(=O)N1CCc2c(sc3ncnc(Nc4ccc5c(cnn5Cc5ccccc5)c4)c23)C1. The maximum Gasteiger partial charge on any atom is 0.246 e. The van der Waals surface area contributed by atoms with E-state index in [1.807, 2.05) is 27.9 Å². The summed E-state index contributed by atoms with van der Waals surface area (Å²) in [7, 11) is 0. The zero-order valence-electron chi connectivity index (χ0n) is 22.8. The Morgan fingerprint density at radius 1 is 1.15 bits per heavy atom. The summed E-state index contributed by atoms with van der Waals surface area (Å²) in [6.07, 6.45) is 7.91. The summed E-state index contributed by atoms with van der Waals surface area (Å²) in [5.74, 6) is 1.45. The quantitative estimate of drug-likeness (QED) is 0.185. The summed E-state index contributed by atoms with van der Waals surface area (Å²) in [6.45, 7) is 8.00. The molecule has 0 aliphatic carbocycles. The van der Waals surface area contributed by atoms with Crippen molar-refractivity contribution in [3.63, 3.8) is 0 Å². The Kier molecular flexibility index (Phi) is 7.57. The number of carbonyl (C=O) groups is 1. The minimum atomic E-state index is 0.0556. The Morgan fingerprint density at radius 2 is 2.02 bits per heavy atom. The van der Waals surface area contributed by atoms with Crippen molar-refractivity contribution < 1.29 is 4.79 Å². The number of rotatable bonds is 9. The third kappa shape index (κ3) is 5.61. The highest BCUT2D eigenvalue weighted by molar-refractivity contribution is 7.19. The summed E-state index contributed by atoms with van der Waals surface area (Å²) in [6, 6.07) is 16.6. The first kappa shape index (κ1) is 26.2. The monoisotopic (exact) mass is 551 g/mol. The second-order valence-corrected chi connectivity index (χ2v) is 11.6. The zero-order valence-corrected chi connectivity index (χ0v) is 23.6. The predicted octanol–water partition coefficient (Wildman–Crippen LogP) is 5.52. The number of hydrogen-bond acceptors (Lipinski definition) is 7. The number of benzene rings is 2. The number of amides is 1. The van der Waals surface area contributed by atoms with Crippen LogP contribution in [0.3, 0.4) is 0 Å². The number of carbonyl (C=O) groups excluding carboxylic acids is 1. The van der Waals surface area contributed by atoms with Crippen LogP contribution in [0.2, 0.25) is 0 Å². The molecule has 3 aromatic heterocycles. The van der Waals surface area contributed by atoms with Crippen molar-refractivity contribution in [2.24, 2.45) is 5.92 Å². The van der Waals surface area contributed by atoms with Crippen LogP contribution in [0.1, 0.15) is 29.9 Å². The maximum absolute atomic E-state index is 12.8. The van der Waals surface area contributed by atoms with Crippen LogP contribution in [0, 0.1) is 5.92 Å². The lowest BCUT2D eigenvalue weighted by Crippen LogP contribution is -2.34. The van der Waals surface area contributed by atoms with Gasteiger partial charge in [0, 0.05) is 35.1 Å². The van der Waals surface area contributed by atoms with Gasteiger partial charge in [-0.05, 0) is 48.2 Å². The highest BCUT2D eigenvalue weighted by atomic mass is 32.1. The van der Waals surface area contributed by atoms with E-state index in [-0.39, 0.29) is 5.91 Å². The third-order valence-corrected chi connectivity index (χ3v) is 8.23. The molecule has 1 aliphatic rings. The highest BCUT2D eigenvalue weighted by Gasteiger charge is 2.25. The van der Waals surface area contributed by atoms with Crippen LogP contribution in [0.4, 0.5) is 11.5 Å². The lowest BCUT2D eigenvalue weighted by atomic mass is 10.0. The molecule has 0 radical (unpaired) electrons. The number of thiophene rings is 1. The van der Waals surface area contributed by atoms with E-state index in [9.17, 15) is 4.79 Å². The van der Waals surface area contributed by atoms with Crippen molar-refractivity contribution in [1.82, 2.24) is 30.0 Å². The minimum absolute atomic E-state index is 0.0556. The van der Waals surface area contributed by atoms with Crippen molar-refractivity contribution >= 4 is 49.9 Å². The van der Waals surface area contributed by atoms with E-state index in [0.717, 1.165) is 52.1 Å². The molecule has 6 rings (SSSR count). The van der Waals surface area contributed by atoms with Crippen LogP contribution in [0.25, 0.3) is 21.1 Å². The second-order valence-electron chi connectivity index (χ2n) is 10.6. The van der Waals surface area contributed by atoms with Gasteiger partial charge >= 0.3 is 0 Å². The first-order valence-electron chi connectivity index (χ1n) is 13.7. The summed E-state index contributed by atoms with van der Waals surface area (Å²) >= 11 is 1.65. The van der Waals surface area contributed by atoms with Crippen LogP contribution in [0.15, 0.2) is 73.2 Å². The molecule has 1 amide bonds. The zero-order chi connectivity index (χ0) is 27.5. The fourth-order valence-electron chi connectivity index (χ4n) is 5.12. The molecule has 2 aromatic carbocycles. The summed E-state index contributed by atoms with van der Waals surface area (Å²) < 4.78 is 2.02. The van der Waals surface area contributed by atoms with Gasteiger partial charge in [-0.1, -0.05) is 50.3 Å². The maximum atomic E-state index is 12.8.